The van der Waals surface area contributed by atoms with Gasteiger partial charge in [-0.1, -0.05) is 227 Å². The summed E-state index contributed by atoms with van der Waals surface area (Å²) in [5, 5.41) is 10.5. The molecule has 0 aliphatic heterocycles. The molecule has 0 fully saturated rings. The molecule has 0 radical (unpaired) electrons. The summed E-state index contributed by atoms with van der Waals surface area (Å²) in [6, 6.07) is 0. The summed E-state index contributed by atoms with van der Waals surface area (Å²) in [5.74, 6) is -1.39. The minimum Gasteiger partial charge on any atom is -0.462 e. The summed E-state index contributed by atoms with van der Waals surface area (Å²) in [6.45, 7) is 7.01. The highest BCUT2D eigenvalue weighted by Crippen LogP contribution is 2.45. The third kappa shape index (κ3) is 51.5. The Morgan fingerprint density at radius 1 is 0.355 bits per heavy atom. The van der Waals surface area contributed by atoms with E-state index in [1.165, 1.54) is 89.9 Å². The summed E-state index contributed by atoms with van der Waals surface area (Å²) < 4.78 is 67.4. The van der Waals surface area contributed by atoms with Gasteiger partial charge in [0.25, 0.3) is 0 Å². The van der Waals surface area contributed by atoms with E-state index in [1.54, 1.807) is 0 Å². The van der Waals surface area contributed by atoms with E-state index in [-0.39, 0.29) is 25.7 Å². The van der Waals surface area contributed by atoms with Crippen molar-refractivity contribution in [3.63, 3.8) is 0 Å². The highest BCUT2D eigenvalue weighted by atomic mass is 31.2. The molecule has 0 aliphatic carbocycles. The molecule has 0 spiro atoms. The van der Waals surface area contributed by atoms with Crippen LogP contribution in [0.4, 0.5) is 0 Å². The van der Waals surface area contributed by atoms with Crippen molar-refractivity contribution in [2.45, 2.75) is 297 Å². The number of aliphatic hydroxyl groups excluding tert-OH is 1. The molecule has 0 aliphatic rings. The van der Waals surface area contributed by atoms with Crippen LogP contribution in [0.15, 0.2) is 0 Å². The first-order valence-electron chi connectivity index (χ1n) is 30.1. The van der Waals surface area contributed by atoms with E-state index >= 15 is 0 Å². The average Bonchev–Trinajstić information content (AvgIpc) is 3.38. The number of carbonyl (C=O) groups is 4. The predicted molar refractivity (Wildman–Crippen MR) is 298 cm³/mol. The highest BCUT2D eigenvalue weighted by Gasteiger charge is 2.30. The zero-order chi connectivity index (χ0) is 56.4. The standard InChI is InChI=1S/C57H110O17P2/c1-6-9-12-15-17-22-27-31-36-41-55(60)68-47-53(74-57(62)43-38-33-28-24-21-19-20-23-25-30-34-39-50(4)5)49-72-76(65,66)70-45-51(58)44-69-75(63,64)71-48-52(46-67-54(59)40-35-29-14-11-8-3)73-56(61)42-37-32-26-18-16-13-10-7-2/h50-53,58H,6-49H2,1-5H3,(H,63,64)(H,65,66)/t51-,52+,53+/m0/s1. The van der Waals surface area contributed by atoms with Crippen LogP contribution in [0.1, 0.15) is 279 Å². The number of hydrogen-bond acceptors (Lipinski definition) is 15. The molecule has 19 heteroatoms. The largest absolute Gasteiger partial charge is 0.472 e. The van der Waals surface area contributed by atoms with E-state index in [2.05, 4.69) is 34.6 Å². The van der Waals surface area contributed by atoms with Gasteiger partial charge in [0.1, 0.15) is 19.3 Å². The van der Waals surface area contributed by atoms with Gasteiger partial charge in [0.15, 0.2) is 12.2 Å². The fourth-order valence-electron chi connectivity index (χ4n) is 8.34. The number of aliphatic hydroxyl groups is 1. The maximum absolute atomic E-state index is 12.9. The molecule has 5 atom stereocenters. The van der Waals surface area contributed by atoms with Gasteiger partial charge in [0.05, 0.1) is 26.4 Å². The molecule has 2 unspecified atom stereocenters. The second kappa shape index (κ2) is 51.2. The molecule has 0 heterocycles. The summed E-state index contributed by atoms with van der Waals surface area (Å²) >= 11 is 0. The van der Waals surface area contributed by atoms with Crippen LogP contribution in [0.5, 0.6) is 0 Å². The summed E-state index contributed by atoms with van der Waals surface area (Å²) in [4.78, 5) is 71.5. The van der Waals surface area contributed by atoms with Crippen LogP contribution >= 0.6 is 15.6 Å². The zero-order valence-electron chi connectivity index (χ0n) is 48.4. The van der Waals surface area contributed by atoms with Crippen molar-refractivity contribution in [3.05, 3.63) is 0 Å². The lowest BCUT2D eigenvalue weighted by Gasteiger charge is -2.21. The van der Waals surface area contributed by atoms with Crippen molar-refractivity contribution in [1.29, 1.82) is 0 Å². The summed E-state index contributed by atoms with van der Waals surface area (Å²) in [7, 11) is -9.86. The van der Waals surface area contributed by atoms with Gasteiger partial charge in [-0.2, -0.15) is 0 Å². The highest BCUT2D eigenvalue weighted by molar-refractivity contribution is 7.47. The zero-order valence-corrected chi connectivity index (χ0v) is 50.2. The third-order valence-electron chi connectivity index (χ3n) is 13.0. The van der Waals surface area contributed by atoms with Crippen molar-refractivity contribution in [2.75, 3.05) is 39.6 Å². The molecule has 0 bridgehead atoms. The van der Waals surface area contributed by atoms with Crippen LogP contribution in [-0.4, -0.2) is 96.7 Å². The molecule has 0 aromatic rings. The molecular formula is C57H110O17P2. The van der Waals surface area contributed by atoms with Gasteiger partial charge in [-0.25, -0.2) is 9.13 Å². The Morgan fingerprint density at radius 2 is 0.605 bits per heavy atom. The molecule has 0 saturated heterocycles. The van der Waals surface area contributed by atoms with Gasteiger partial charge in [-0.05, 0) is 31.6 Å². The second-order valence-electron chi connectivity index (χ2n) is 21.2. The van der Waals surface area contributed by atoms with Gasteiger partial charge in [0.2, 0.25) is 0 Å². The number of esters is 4. The molecule has 3 N–H and O–H groups in total. The normalized spacial score (nSPS) is 14.4. The third-order valence-corrected chi connectivity index (χ3v) is 14.9. The fraction of sp³-hybridized carbons (Fsp3) is 0.930. The van der Waals surface area contributed by atoms with Crippen LogP contribution < -0.4 is 0 Å². The van der Waals surface area contributed by atoms with Crippen molar-refractivity contribution >= 4 is 39.5 Å². The Balaban J connectivity index is 5.16. The smallest absolute Gasteiger partial charge is 0.462 e. The Bertz CT molecular complexity index is 1500. The van der Waals surface area contributed by atoms with Crippen molar-refractivity contribution in [2.24, 2.45) is 5.92 Å². The lowest BCUT2D eigenvalue weighted by Crippen LogP contribution is -2.30. The number of carbonyl (C=O) groups excluding carboxylic acids is 4. The van der Waals surface area contributed by atoms with E-state index in [1.807, 2.05) is 0 Å². The number of unbranched alkanes of at least 4 members (excludes halogenated alkanes) is 29. The molecule has 76 heavy (non-hydrogen) atoms. The minimum atomic E-state index is -4.93. The van der Waals surface area contributed by atoms with E-state index < -0.39 is 97.5 Å². The first kappa shape index (κ1) is 74.1. The number of phosphoric ester groups is 2. The SMILES string of the molecule is CCCCCCCCCCCC(=O)OC[C@H](COP(=O)(O)OC[C@@H](O)COP(=O)(O)OC[C@@H](COC(=O)CCCCCCC)OC(=O)CCCCCCCCCC)OC(=O)CCCCCCCCCCCCCC(C)C. The topological polar surface area (TPSA) is 237 Å². The summed E-state index contributed by atoms with van der Waals surface area (Å²) in [6.07, 6.45) is 32.5. The Kier molecular flexibility index (Phi) is 49.9. The number of ether oxygens (including phenoxy) is 4. The number of phosphoric acid groups is 2. The fourth-order valence-corrected chi connectivity index (χ4v) is 9.92. The molecule has 0 aromatic heterocycles. The van der Waals surface area contributed by atoms with Gasteiger partial charge in [-0.15, -0.1) is 0 Å². The lowest BCUT2D eigenvalue weighted by molar-refractivity contribution is -0.161. The molecule has 0 aromatic carbocycles. The van der Waals surface area contributed by atoms with Crippen LogP contribution in [0.3, 0.4) is 0 Å². The first-order valence-corrected chi connectivity index (χ1v) is 33.1. The van der Waals surface area contributed by atoms with Crippen LogP contribution in [0.2, 0.25) is 0 Å². The van der Waals surface area contributed by atoms with Crippen LogP contribution in [0, 0.1) is 5.92 Å². The quantitative estimate of drug-likeness (QED) is 0.0222. The van der Waals surface area contributed by atoms with Crippen molar-refractivity contribution in [3.8, 4) is 0 Å². The second-order valence-corrected chi connectivity index (χ2v) is 24.1. The van der Waals surface area contributed by atoms with Crippen LogP contribution in [-0.2, 0) is 65.4 Å². The van der Waals surface area contributed by atoms with Gasteiger partial charge in [0, 0.05) is 25.7 Å². The molecule has 0 saturated carbocycles. The number of hydrogen-bond donors (Lipinski definition) is 3. The van der Waals surface area contributed by atoms with Gasteiger partial charge in [-0.3, -0.25) is 37.3 Å². The predicted octanol–water partition coefficient (Wildman–Crippen LogP) is 15.1. The summed E-state index contributed by atoms with van der Waals surface area (Å²) in [5.41, 5.74) is 0. The van der Waals surface area contributed by atoms with E-state index in [4.69, 9.17) is 37.0 Å². The van der Waals surface area contributed by atoms with Crippen molar-refractivity contribution in [1.82, 2.24) is 0 Å². The molecular weight excluding hydrogens is 1020 g/mol. The molecule has 450 valence electrons. The maximum atomic E-state index is 12.9. The maximum Gasteiger partial charge on any atom is 0.472 e. The van der Waals surface area contributed by atoms with Crippen molar-refractivity contribution < 1.29 is 80.2 Å². The molecule has 17 nitrogen and oxygen atoms in total. The minimum absolute atomic E-state index is 0.104. The Labute approximate surface area is 460 Å². The number of rotatable bonds is 57. The van der Waals surface area contributed by atoms with E-state index in [9.17, 15) is 43.2 Å². The van der Waals surface area contributed by atoms with E-state index in [0.29, 0.717) is 25.7 Å². The Morgan fingerprint density at radius 3 is 0.895 bits per heavy atom. The van der Waals surface area contributed by atoms with E-state index in [0.717, 1.165) is 109 Å². The Hall–Kier alpha value is -1.94. The van der Waals surface area contributed by atoms with Crippen LogP contribution in [0.25, 0.3) is 0 Å². The average molecular weight is 1130 g/mol. The van der Waals surface area contributed by atoms with Gasteiger partial charge < -0.3 is 33.8 Å². The molecule has 0 rings (SSSR count). The lowest BCUT2D eigenvalue weighted by atomic mass is 10.0. The first-order chi connectivity index (χ1) is 36.5. The van der Waals surface area contributed by atoms with Gasteiger partial charge >= 0.3 is 39.5 Å². The monoisotopic (exact) mass is 1130 g/mol. The molecule has 0 amide bonds.